The van der Waals surface area contributed by atoms with Crippen molar-refractivity contribution in [2.75, 3.05) is 6.61 Å². The summed E-state index contributed by atoms with van der Waals surface area (Å²) < 4.78 is 6.29. The number of halogens is 1. The number of hydrogen-bond acceptors (Lipinski definition) is 5. The molecule has 0 bridgehead atoms. The van der Waals surface area contributed by atoms with E-state index in [-0.39, 0.29) is 12.0 Å². The van der Waals surface area contributed by atoms with E-state index in [9.17, 15) is 4.79 Å². The monoisotopic (exact) mass is 392 g/mol. The number of nitrogens with zero attached hydrogens (tertiary/aromatic N) is 2. The van der Waals surface area contributed by atoms with E-state index in [2.05, 4.69) is 31.2 Å². The molecule has 0 fully saturated rings. The van der Waals surface area contributed by atoms with Gasteiger partial charge in [-0.3, -0.25) is 0 Å². The standard InChI is InChI=1S/C17H17BrN2O2S/c1-4-22-16(21)14-11(3)19-17-20(10(2)9-23-17)15(14)12-5-7-13(18)8-6-12/h5-9,15H,4H2,1-3H3. The van der Waals surface area contributed by atoms with E-state index in [1.54, 1.807) is 11.8 Å². The maximum absolute atomic E-state index is 12.5. The molecule has 0 saturated heterocycles. The van der Waals surface area contributed by atoms with Crippen molar-refractivity contribution >= 4 is 38.8 Å². The van der Waals surface area contributed by atoms with E-state index < -0.39 is 0 Å². The maximum atomic E-state index is 12.5. The molecule has 1 aromatic rings. The number of amidine groups is 1. The van der Waals surface area contributed by atoms with Crippen molar-refractivity contribution in [2.45, 2.75) is 26.8 Å². The molecule has 0 amide bonds. The number of carbonyl (C=O) groups excluding carboxylic acids is 1. The molecule has 120 valence electrons. The summed E-state index contributed by atoms with van der Waals surface area (Å²) in [5.74, 6) is -0.301. The molecule has 6 heteroatoms. The van der Waals surface area contributed by atoms with Crippen LogP contribution in [-0.4, -0.2) is 22.6 Å². The first-order valence-electron chi connectivity index (χ1n) is 7.37. The summed E-state index contributed by atoms with van der Waals surface area (Å²) in [6.07, 6.45) is 0. The average Bonchev–Trinajstić information content (AvgIpc) is 2.88. The highest BCUT2D eigenvalue weighted by molar-refractivity contribution is 9.10. The Balaban J connectivity index is 2.13. The normalized spacial score (nSPS) is 20.2. The number of ether oxygens (including phenoxy) is 1. The van der Waals surface area contributed by atoms with Crippen LogP contribution in [0, 0.1) is 0 Å². The Hall–Kier alpha value is -1.53. The third-order valence-electron chi connectivity index (χ3n) is 3.79. The molecular formula is C17H17BrN2O2S. The second-order valence-electron chi connectivity index (χ2n) is 5.32. The Morgan fingerprint density at radius 1 is 1.35 bits per heavy atom. The van der Waals surface area contributed by atoms with E-state index in [4.69, 9.17) is 4.74 Å². The minimum absolute atomic E-state index is 0.208. The van der Waals surface area contributed by atoms with Gasteiger partial charge in [-0.1, -0.05) is 39.8 Å². The van der Waals surface area contributed by atoms with E-state index in [1.807, 2.05) is 45.0 Å². The van der Waals surface area contributed by atoms with E-state index in [0.29, 0.717) is 12.2 Å². The highest BCUT2D eigenvalue weighted by Gasteiger charge is 2.39. The first kappa shape index (κ1) is 16.3. The van der Waals surface area contributed by atoms with Crippen LogP contribution in [0.2, 0.25) is 0 Å². The van der Waals surface area contributed by atoms with Crippen molar-refractivity contribution in [3.05, 3.63) is 56.7 Å². The molecular weight excluding hydrogens is 376 g/mol. The van der Waals surface area contributed by atoms with Gasteiger partial charge in [0.05, 0.1) is 23.9 Å². The number of esters is 1. The summed E-state index contributed by atoms with van der Waals surface area (Å²) in [6, 6.07) is 7.82. The third-order valence-corrected chi connectivity index (χ3v) is 5.27. The van der Waals surface area contributed by atoms with Gasteiger partial charge in [-0.25, -0.2) is 9.79 Å². The van der Waals surface area contributed by atoms with Crippen molar-refractivity contribution in [2.24, 2.45) is 4.99 Å². The van der Waals surface area contributed by atoms with Crippen molar-refractivity contribution in [1.29, 1.82) is 0 Å². The number of hydrogen-bond donors (Lipinski definition) is 0. The summed E-state index contributed by atoms with van der Waals surface area (Å²) >= 11 is 5.05. The van der Waals surface area contributed by atoms with Gasteiger partial charge in [0.2, 0.25) is 0 Å². The van der Waals surface area contributed by atoms with Crippen molar-refractivity contribution < 1.29 is 9.53 Å². The lowest BCUT2D eigenvalue weighted by Crippen LogP contribution is -2.36. The Morgan fingerprint density at radius 3 is 2.70 bits per heavy atom. The molecule has 0 spiro atoms. The largest absolute Gasteiger partial charge is 0.463 e. The number of thioether (sulfide) groups is 1. The lowest BCUT2D eigenvalue weighted by atomic mass is 9.94. The first-order valence-corrected chi connectivity index (χ1v) is 9.05. The van der Waals surface area contributed by atoms with Gasteiger partial charge in [0.25, 0.3) is 0 Å². The molecule has 4 nitrogen and oxygen atoms in total. The zero-order valence-corrected chi connectivity index (χ0v) is 15.6. The molecule has 1 aromatic carbocycles. The minimum atomic E-state index is -0.301. The Bertz CT molecular complexity index is 737. The van der Waals surface area contributed by atoms with Crippen LogP contribution in [0.25, 0.3) is 0 Å². The topological polar surface area (TPSA) is 41.9 Å². The predicted octanol–water partition coefficient (Wildman–Crippen LogP) is 4.61. The van der Waals surface area contributed by atoms with Crippen molar-refractivity contribution in [3.8, 4) is 0 Å². The van der Waals surface area contributed by atoms with E-state index in [0.717, 1.165) is 26.6 Å². The number of aliphatic imine (C=N–C) groups is 1. The van der Waals surface area contributed by atoms with Crippen molar-refractivity contribution in [3.63, 3.8) is 0 Å². The summed E-state index contributed by atoms with van der Waals surface area (Å²) in [5, 5.41) is 2.97. The number of benzene rings is 1. The van der Waals surface area contributed by atoms with Gasteiger partial charge in [-0.2, -0.15) is 0 Å². The van der Waals surface area contributed by atoms with Gasteiger partial charge in [0.1, 0.15) is 0 Å². The highest BCUT2D eigenvalue weighted by Crippen LogP contribution is 2.43. The Kier molecular flexibility index (Phi) is 4.64. The van der Waals surface area contributed by atoms with Crippen LogP contribution >= 0.6 is 27.7 Å². The molecule has 2 heterocycles. The lowest BCUT2D eigenvalue weighted by Gasteiger charge is -2.35. The van der Waals surface area contributed by atoms with Crippen LogP contribution in [-0.2, 0) is 9.53 Å². The summed E-state index contributed by atoms with van der Waals surface area (Å²) in [5.41, 5.74) is 3.45. The molecule has 1 atom stereocenters. The van der Waals surface area contributed by atoms with Gasteiger partial charge in [-0.05, 0) is 43.9 Å². The average molecular weight is 393 g/mol. The van der Waals surface area contributed by atoms with Crippen molar-refractivity contribution in [1.82, 2.24) is 4.90 Å². The van der Waals surface area contributed by atoms with Gasteiger partial charge < -0.3 is 9.64 Å². The molecule has 0 saturated carbocycles. The van der Waals surface area contributed by atoms with Crippen LogP contribution in [0.15, 0.2) is 56.1 Å². The van der Waals surface area contributed by atoms with Crippen LogP contribution in [0.5, 0.6) is 0 Å². The number of rotatable bonds is 3. The fourth-order valence-electron chi connectivity index (χ4n) is 2.76. The number of carbonyl (C=O) groups is 1. The van der Waals surface area contributed by atoms with Gasteiger partial charge in [0, 0.05) is 10.2 Å². The molecule has 23 heavy (non-hydrogen) atoms. The summed E-state index contributed by atoms with van der Waals surface area (Å²) in [4.78, 5) is 19.2. The van der Waals surface area contributed by atoms with Crippen LogP contribution in [0.3, 0.4) is 0 Å². The molecule has 3 rings (SSSR count). The fourth-order valence-corrected chi connectivity index (χ4v) is 3.96. The lowest BCUT2D eigenvalue weighted by molar-refractivity contribution is -0.139. The van der Waals surface area contributed by atoms with Gasteiger partial charge in [-0.15, -0.1) is 0 Å². The minimum Gasteiger partial charge on any atom is -0.463 e. The molecule has 0 N–H and O–H groups in total. The third kappa shape index (κ3) is 2.97. The SMILES string of the molecule is CCOC(=O)C1=C(C)N=C2SC=C(C)N2C1c1ccc(Br)cc1. The number of allylic oxidation sites excluding steroid dienone is 2. The zero-order chi connectivity index (χ0) is 16.6. The van der Waals surface area contributed by atoms with Gasteiger partial charge >= 0.3 is 5.97 Å². The highest BCUT2D eigenvalue weighted by atomic mass is 79.9. The van der Waals surface area contributed by atoms with E-state index in [1.165, 1.54) is 0 Å². The van der Waals surface area contributed by atoms with Crippen LogP contribution < -0.4 is 0 Å². The Morgan fingerprint density at radius 2 is 2.04 bits per heavy atom. The second kappa shape index (κ2) is 6.53. The van der Waals surface area contributed by atoms with Crippen LogP contribution in [0.4, 0.5) is 0 Å². The summed E-state index contributed by atoms with van der Waals surface area (Å²) in [7, 11) is 0. The summed E-state index contributed by atoms with van der Waals surface area (Å²) in [6.45, 7) is 6.07. The molecule has 0 aliphatic carbocycles. The maximum Gasteiger partial charge on any atom is 0.338 e. The molecule has 2 aliphatic rings. The molecule has 1 unspecified atom stereocenters. The van der Waals surface area contributed by atoms with E-state index >= 15 is 0 Å². The predicted molar refractivity (Wildman–Crippen MR) is 96.8 cm³/mol. The quantitative estimate of drug-likeness (QED) is 0.704. The zero-order valence-electron chi connectivity index (χ0n) is 13.2. The van der Waals surface area contributed by atoms with Crippen LogP contribution in [0.1, 0.15) is 32.4 Å². The first-order chi connectivity index (χ1) is 11.0. The molecule has 2 aliphatic heterocycles. The smallest absolute Gasteiger partial charge is 0.338 e. The number of fused-ring (bicyclic) bond motifs is 1. The Labute approximate surface area is 148 Å². The second-order valence-corrected chi connectivity index (χ2v) is 7.07. The molecule has 0 radical (unpaired) electrons. The van der Waals surface area contributed by atoms with Gasteiger partial charge in [0.15, 0.2) is 5.17 Å². The fraction of sp³-hybridized carbons (Fsp3) is 0.294. The molecule has 0 aromatic heterocycles.